The fraction of sp³-hybridized carbons (Fsp3) is 0.308. The van der Waals surface area contributed by atoms with E-state index in [2.05, 4.69) is 20.3 Å². The molecule has 2 aromatic heterocycles. The number of rotatable bonds is 5. The molecular weight excluding hydrogens is 242 g/mol. The zero-order valence-corrected chi connectivity index (χ0v) is 11.3. The Labute approximate surface area is 112 Å². The summed E-state index contributed by atoms with van der Waals surface area (Å²) >= 11 is 0. The van der Waals surface area contributed by atoms with Crippen LogP contribution in [0.2, 0.25) is 0 Å². The largest absolute Gasteiger partial charge is 0.481 e. The lowest BCUT2D eigenvalue weighted by Crippen LogP contribution is -2.13. The summed E-state index contributed by atoms with van der Waals surface area (Å²) in [4.78, 5) is 14.6. The summed E-state index contributed by atoms with van der Waals surface area (Å²) in [6.45, 7) is 0.598. The second-order valence-corrected chi connectivity index (χ2v) is 4.16. The number of methoxy groups -OCH3 is 1. The van der Waals surface area contributed by atoms with Gasteiger partial charge in [0.25, 0.3) is 0 Å². The first-order valence-electron chi connectivity index (χ1n) is 5.93. The minimum atomic E-state index is 0.598. The lowest BCUT2D eigenvalue weighted by atomic mass is 10.2. The number of hydrogen-bond acceptors (Lipinski definition) is 6. The van der Waals surface area contributed by atoms with Crippen LogP contribution in [0.15, 0.2) is 30.6 Å². The molecule has 0 saturated heterocycles. The number of ether oxygens (including phenoxy) is 1. The Hall–Kier alpha value is -2.37. The quantitative estimate of drug-likeness (QED) is 0.879. The maximum Gasteiger partial charge on any atom is 0.226 e. The summed E-state index contributed by atoms with van der Waals surface area (Å²) in [6, 6.07) is 5.67. The Morgan fingerprint density at radius 2 is 2.05 bits per heavy atom. The SMILES string of the molecule is COc1ncccc1CNc1ccnc(N(C)C)n1. The standard InChI is InChI=1S/C13H17N5O/c1-18(2)13-15-8-6-11(17-13)16-9-10-5-4-7-14-12(10)19-3/h4-8H,9H2,1-3H3,(H,15,16,17). The number of nitrogens with one attached hydrogen (secondary N) is 1. The van der Waals surface area contributed by atoms with Crippen LogP contribution in [0.5, 0.6) is 5.88 Å². The molecule has 2 heterocycles. The molecule has 100 valence electrons. The van der Waals surface area contributed by atoms with E-state index >= 15 is 0 Å². The van der Waals surface area contributed by atoms with Gasteiger partial charge in [0.05, 0.1) is 7.11 Å². The molecule has 6 heteroatoms. The van der Waals surface area contributed by atoms with Crippen molar-refractivity contribution < 1.29 is 4.74 Å². The first kappa shape index (κ1) is 13.1. The van der Waals surface area contributed by atoms with Crippen LogP contribution in [0.3, 0.4) is 0 Å². The molecule has 0 radical (unpaired) electrons. The second kappa shape index (κ2) is 5.99. The van der Waals surface area contributed by atoms with E-state index in [-0.39, 0.29) is 0 Å². The van der Waals surface area contributed by atoms with E-state index in [0.29, 0.717) is 18.4 Å². The number of anilines is 2. The van der Waals surface area contributed by atoms with Crippen molar-refractivity contribution in [2.24, 2.45) is 0 Å². The maximum absolute atomic E-state index is 5.20. The molecule has 2 rings (SSSR count). The fourth-order valence-corrected chi connectivity index (χ4v) is 1.59. The van der Waals surface area contributed by atoms with Crippen LogP contribution in [0.4, 0.5) is 11.8 Å². The molecule has 0 aromatic carbocycles. The number of hydrogen-bond donors (Lipinski definition) is 1. The van der Waals surface area contributed by atoms with E-state index in [4.69, 9.17) is 4.74 Å². The predicted octanol–water partition coefficient (Wildman–Crippen LogP) is 1.56. The minimum Gasteiger partial charge on any atom is -0.481 e. The third-order valence-electron chi connectivity index (χ3n) is 2.55. The summed E-state index contributed by atoms with van der Waals surface area (Å²) < 4.78 is 5.20. The lowest BCUT2D eigenvalue weighted by Gasteiger charge is -2.12. The van der Waals surface area contributed by atoms with Gasteiger partial charge in [0.2, 0.25) is 11.8 Å². The van der Waals surface area contributed by atoms with Crippen LogP contribution in [-0.2, 0) is 6.54 Å². The molecule has 0 unspecified atom stereocenters. The summed E-state index contributed by atoms with van der Waals surface area (Å²) in [5.41, 5.74) is 0.981. The monoisotopic (exact) mass is 259 g/mol. The van der Waals surface area contributed by atoms with Gasteiger partial charge in [-0.25, -0.2) is 9.97 Å². The normalized spacial score (nSPS) is 10.1. The summed E-state index contributed by atoms with van der Waals surface area (Å²) in [7, 11) is 5.42. The summed E-state index contributed by atoms with van der Waals surface area (Å²) in [5, 5.41) is 3.23. The molecule has 0 bridgehead atoms. The first-order valence-corrected chi connectivity index (χ1v) is 5.93. The van der Waals surface area contributed by atoms with Crippen molar-refractivity contribution in [2.45, 2.75) is 6.54 Å². The number of pyridine rings is 1. The Morgan fingerprint density at radius 1 is 1.21 bits per heavy atom. The molecule has 1 N–H and O–H groups in total. The smallest absolute Gasteiger partial charge is 0.226 e. The Bertz CT molecular complexity index is 544. The van der Waals surface area contributed by atoms with Gasteiger partial charge in [-0.15, -0.1) is 0 Å². The van der Waals surface area contributed by atoms with Gasteiger partial charge in [-0.05, 0) is 12.1 Å². The van der Waals surface area contributed by atoms with Gasteiger partial charge in [0.1, 0.15) is 5.82 Å². The zero-order chi connectivity index (χ0) is 13.7. The van der Waals surface area contributed by atoms with Gasteiger partial charge in [-0.2, -0.15) is 4.98 Å². The Kier molecular flexibility index (Phi) is 4.12. The van der Waals surface area contributed by atoms with Crippen LogP contribution >= 0.6 is 0 Å². The highest BCUT2D eigenvalue weighted by Gasteiger charge is 2.04. The topological polar surface area (TPSA) is 63.2 Å². The molecule has 0 atom stereocenters. The van der Waals surface area contributed by atoms with Crippen molar-refractivity contribution in [1.29, 1.82) is 0 Å². The van der Waals surface area contributed by atoms with Gasteiger partial charge in [0, 0.05) is 38.6 Å². The van der Waals surface area contributed by atoms with Gasteiger partial charge >= 0.3 is 0 Å². The van der Waals surface area contributed by atoms with Crippen LogP contribution in [-0.4, -0.2) is 36.2 Å². The van der Waals surface area contributed by atoms with Gasteiger partial charge in [-0.3, -0.25) is 0 Å². The molecule has 19 heavy (non-hydrogen) atoms. The fourth-order valence-electron chi connectivity index (χ4n) is 1.59. The van der Waals surface area contributed by atoms with E-state index in [9.17, 15) is 0 Å². The van der Waals surface area contributed by atoms with Crippen molar-refractivity contribution in [1.82, 2.24) is 15.0 Å². The third-order valence-corrected chi connectivity index (χ3v) is 2.55. The molecule has 0 aliphatic heterocycles. The van der Waals surface area contributed by atoms with E-state index in [1.54, 1.807) is 19.5 Å². The Balaban J connectivity index is 2.08. The van der Waals surface area contributed by atoms with E-state index < -0.39 is 0 Å². The molecular formula is C13H17N5O. The molecule has 0 amide bonds. The van der Waals surface area contributed by atoms with Crippen LogP contribution in [0.25, 0.3) is 0 Å². The highest BCUT2D eigenvalue weighted by molar-refractivity contribution is 5.41. The predicted molar refractivity (Wildman–Crippen MR) is 74.5 cm³/mol. The molecule has 0 aliphatic rings. The second-order valence-electron chi connectivity index (χ2n) is 4.16. The van der Waals surface area contributed by atoms with E-state index in [1.807, 2.05) is 37.2 Å². The highest BCUT2D eigenvalue weighted by Crippen LogP contribution is 2.15. The van der Waals surface area contributed by atoms with Gasteiger partial charge in [-0.1, -0.05) is 6.07 Å². The third kappa shape index (κ3) is 3.31. The van der Waals surface area contributed by atoms with E-state index in [1.165, 1.54) is 0 Å². The minimum absolute atomic E-state index is 0.598. The molecule has 0 fully saturated rings. The van der Waals surface area contributed by atoms with Crippen molar-refractivity contribution in [3.05, 3.63) is 36.2 Å². The van der Waals surface area contributed by atoms with Gasteiger partial charge < -0.3 is 15.0 Å². The highest BCUT2D eigenvalue weighted by atomic mass is 16.5. The van der Waals surface area contributed by atoms with Crippen molar-refractivity contribution in [2.75, 3.05) is 31.4 Å². The molecule has 2 aromatic rings. The molecule has 6 nitrogen and oxygen atoms in total. The molecule has 0 saturated carbocycles. The Morgan fingerprint density at radius 3 is 2.79 bits per heavy atom. The van der Waals surface area contributed by atoms with Crippen LogP contribution in [0, 0.1) is 0 Å². The van der Waals surface area contributed by atoms with Crippen molar-refractivity contribution in [3.63, 3.8) is 0 Å². The first-order chi connectivity index (χ1) is 9.20. The number of nitrogens with zero attached hydrogens (tertiary/aromatic N) is 4. The van der Waals surface area contributed by atoms with E-state index in [0.717, 1.165) is 11.4 Å². The number of aromatic nitrogens is 3. The average Bonchev–Trinajstić information content (AvgIpc) is 2.45. The summed E-state index contributed by atoms with van der Waals surface area (Å²) in [6.07, 6.45) is 3.43. The van der Waals surface area contributed by atoms with Gasteiger partial charge in [0.15, 0.2) is 0 Å². The molecule has 0 aliphatic carbocycles. The van der Waals surface area contributed by atoms with Crippen LogP contribution < -0.4 is 15.0 Å². The average molecular weight is 259 g/mol. The summed E-state index contributed by atoms with van der Waals surface area (Å²) in [5.74, 6) is 2.06. The molecule has 0 spiro atoms. The van der Waals surface area contributed by atoms with Crippen LogP contribution in [0.1, 0.15) is 5.56 Å². The van der Waals surface area contributed by atoms with Crippen molar-refractivity contribution >= 4 is 11.8 Å². The lowest BCUT2D eigenvalue weighted by molar-refractivity contribution is 0.393. The zero-order valence-electron chi connectivity index (χ0n) is 11.3. The maximum atomic E-state index is 5.20. The van der Waals surface area contributed by atoms with Crippen molar-refractivity contribution in [3.8, 4) is 5.88 Å².